The molecular weight excluding hydrogens is 290 g/mol. The molecule has 1 aliphatic rings. The first-order valence-electron chi connectivity index (χ1n) is 8.97. The fourth-order valence-corrected chi connectivity index (χ4v) is 3.58. The highest BCUT2D eigenvalue weighted by molar-refractivity contribution is 5.76. The van der Waals surface area contributed by atoms with Crippen molar-refractivity contribution in [3.8, 4) is 0 Å². The smallest absolute Gasteiger partial charge is 0.313 e. The topological polar surface area (TPSA) is 42.7 Å². The Balaban J connectivity index is 2.15. The average molecular weight is 321 g/mol. The molecule has 0 fully saturated rings. The Labute approximate surface area is 140 Å². The Morgan fingerprint density at radius 1 is 1.39 bits per heavy atom. The second-order valence-corrected chi connectivity index (χ2v) is 7.04. The molecule has 0 spiro atoms. The Morgan fingerprint density at radius 3 is 2.87 bits per heavy atom. The third-order valence-corrected chi connectivity index (χ3v) is 4.99. The van der Waals surface area contributed by atoms with Gasteiger partial charge in [-0.2, -0.15) is 0 Å². The molecule has 0 radical (unpaired) electrons. The van der Waals surface area contributed by atoms with Crippen LogP contribution < -0.4 is 0 Å². The van der Waals surface area contributed by atoms with Crippen molar-refractivity contribution >= 4 is 5.97 Å². The maximum atomic E-state index is 12.5. The van der Waals surface area contributed by atoms with Gasteiger partial charge in [0.15, 0.2) is 0 Å². The van der Waals surface area contributed by atoms with Crippen molar-refractivity contribution in [1.29, 1.82) is 0 Å². The number of unbranched alkanes of at least 4 members (excludes halogenated alkanes) is 2. The van der Waals surface area contributed by atoms with Gasteiger partial charge in [-0.25, -0.2) is 0 Å². The van der Waals surface area contributed by atoms with E-state index in [0.717, 1.165) is 38.1 Å². The van der Waals surface area contributed by atoms with E-state index < -0.39 is 5.41 Å². The molecular formula is C19H31NO3. The molecule has 1 atom stereocenters. The molecule has 0 amide bonds. The number of fused-ring (bicyclic) bond motifs is 1. The van der Waals surface area contributed by atoms with Crippen LogP contribution >= 0.6 is 0 Å². The van der Waals surface area contributed by atoms with Gasteiger partial charge in [0.1, 0.15) is 5.76 Å². The number of ether oxygens (including phenoxy) is 1. The van der Waals surface area contributed by atoms with E-state index in [1.807, 2.05) is 20.8 Å². The van der Waals surface area contributed by atoms with Crippen LogP contribution in [-0.4, -0.2) is 30.1 Å². The Morgan fingerprint density at radius 2 is 2.17 bits per heavy atom. The van der Waals surface area contributed by atoms with Gasteiger partial charge in [-0.05, 0) is 33.3 Å². The third-order valence-electron chi connectivity index (χ3n) is 4.99. The van der Waals surface area contributed by atoms with Crippen LogP contribution in [0.15, 0.2) is 16.7 Å². The van der Waals surface area contributed by atoms with Gasteiger partial charge < -0.3 is 9.15 Å². The van der Waals surface area contributed by atoms with Crippen molar-refractivity contribution in [1.82, 2.24) is 4.90 Å². The summed E-state index contributed by atoms with van der Waals surface area (Å²) in [7, 11) is 0. The van der Waals surface area contributed by atoms with Crippen LogP contribution in [0.3, 0.4) is 0 Å². The van der Waals surface area contributed by atoms with Gasteiger partial charge in [0.05, 0.1) is 18.3 Å². The average Bonchev–Trinajstić information content (AvgIpc) is 2.99. The maximum Gasteiger partial charge on any atom is 0.313 e. The van der Waals surface area contributed by atoms with E-state index in [4.69, 9.17) is 9.15 Å². The number of carbonyl (C=O) groups excluding carboxylic acids is 1. The molecule has 1 aromatic heterocycles. The van der Waals surface area contributed by atoms with Gasteiger partial charge in [0.2, 0.25) is 0 Å². The second-order valence-electron chi connectivity index (χ2n) is 7.04. The number of hydrogen-bond acceptors (Lipinski definition) is 4. The van der Waals surface area contributed by atoms with E-state index >= 15 is 0 Å². The van der Waals surface area contributed by atoms with Crippen LogP contribution in [0.2, 0.25) is 0 Å². The molecule has 130 valence electrons. The molecule has 23 heavy (non-hydrogen) atoms. The van der Waals surface area contributed by atoms with Crippen LogP contribution in [0.25, 0.3) is 0 Å². The maximum absolute atomic E-state index is 12.5. The summed E-state index contributed by atoms with van der Waals surface area (Å²) < 4.78 is 10.9. The van der Waals surface area contributed by atoms with Gasteiger partial charge in [-0.1, -0.05) is 26.2 Å². The number of hydrogen-bond donors (Lipinski definition) is 0. The lowest BCUT2D eigenvalue weighted by molar-refractivity contribution is -0.158. The van der Waals surface area contributed by atoms with Gasteiger partial charge in [0, 0.05) is 31.1 Å². The van der Waals surface area contributed by atoms with Gasteiger partial charge in [0.25, 0.3) is 0 Å². The first-order valence-corrected chi connectivity index (χ1v) is 8.97. The van der Waals surface area contributed by atoms with Gasteiger partial charge in [-0.15, -0.1) is 0 Å². The fourth-order valence-electron chi connectivity index (χ4n) is 3.58. The van der Waals surface area contributed by atoms with E-state index in [9.17, 15) is 4.79 Å². The molecule has 2 heterocycles. The van der Waals surface area contributed by atoms with E-state index in [2.05, 4.69) is 17.9 Å². The molecule has 0 aliphatic carbocycles. The molecule has 4 heteroatoms. The van der Waals surface area contributed by atoms with Crippen LogP contribution in [0, 0.1) is 5.41 Å². The SMILES string of the molecule is CCCCCC(N1CCc2occc2C1)C(C)(C)C(=O)OCC. The minimum absolute atomic E-state index is 0.0838. The summed E-state index contributed by atoms with van der Waals surface area (Å²) in [6.45, 7) is 10.4. The molecule has 1 aromatic rings. The fraction of sp³-hybridized carbons (Fsp3) is 0.737. The lowest BCUT2D eigenvalue weighted by Gasteiger charge is -2.42. The number of nitrogens with zero attached hydrogens (tertiary/aromatic N) is 1. The standard InChI is InChI=1S/C19H31NO3/c1-5-7-8-9-17(19(3,4)18(21)22-6-2)20-12-10-16-15(14-20)11-13-23-16/h11,13,17H,5-10,12,14H2,1-4H3. The molecule has 0 aromatic carbocycles. The summed E-state index contributed by atoms with van der Waals surface area (Å²) in [5.41, 5.74) is 0.766. The minimum atomic E-state index is -0.495. The second kappa shape index (κ2) is 8.00. The normalized spacial score (nSPS) is 16.9. The molecule has 2 rings (SSSR count). The zero-order chi connectivity index (χ0) is 16.9. The molecule has 1 aliphatic heterocycles. The van der Waals surface area contributed by atoms with Crippen molar-refractivity contribution in [3.05, 3.63) is 23.7 Å². The largest absolute Gasteiger partial charge is 0.469 e. The van der Waals surface area contributed by atoms with Crippen LogP contribution in [-0.2, 0) is 22.5 Å². The summed E-state index contributed by atoms with van der Waals surface area (Å²) in [6.07, 6.45) is 7.28. The summed E-state index contributed by atoms with van der Waals surface area (Å²) in [5, 5.41) is 0. The van der Waals surface area contributed by atoms with Crippen LogP contribution in [0.1, 0.15) is 64.7 Å². The molecule has 4 nitrogen and oxygen atoms in total. The molecule has 0 bridgehead atoms. The monoisotopic (exact) mass is 321 g/mol. The third kappa shape index (κ3) is 4.17. The Hall–Kier alpha value is -1.29. The quantitative estimate of drug-likeness (QED) is 0.532. The lowest BCUT2D eigenvalue weighted by atomic mass is 9.79. The molecule has 0 saturated carbocycles. The molecule has 1 unspecified atom stereocenters. The van der Waals surface area contributed by atoms with Crippen LogP contribution in [0.4, 0.5) is 0 Å². The summed E-state index contributed by atoms with van der Waals surface area (Å²) in [5.74, 6) is 1.02. The lowest BCUT2D eigenvalue weighted by Crippen LogP contribution is -2.51. The number of esters is 1. The minimum Gasteiger partial charge on any atom is -0.469 e. The van der Waals surface area contributed by atoms with E-state index in [-0.39, 0.29) is 12.0 Å². The van der Waals surface area contributed by atoms with Crippen molar-refractivity contribution in [3.63, 3.8) is 0 Å². The highest BCUT2D eigenvalue weighted by Crippen LogP contribution is 2.34. The molecule has 0 saturated heterocycles. The summed E-state index contributed by atoms with van der Waals surface area (Å²) >= 11 is 0. The van der Waals surface area contributed by atoms with Gasteiger partial charge >= 0.3 is 5.97 Å². The van der Waals surface area contributed by atoms with Crippen molar-refractivity contribution in [2.24, 2.45) is 5.41 Å². The Kier molecular flexibility index (Phi) is 6.28. The van der Waals surface area contributed by atoms with Crippen LogP contribution in [0.5, 0.6) is 0 Å². The van der Waals surface area contributed by atoms with Gasteiger partial charge in [-0.3, -0.25) is 9.69 Å². The highest BCUT2D eigenvalue weighted by Gasteiger charge is 2.42. The first kappa shape index (κ1) is 18.1. The van der Waals surface area contributed by atoms with E-state index in [1.165, 1.54) is 18.4 Å². The Bertz CT molecular complexity index is 506. The number of carbonyl (C=O) groups is 1. The summed E-state index contributed by atoms with van der Waals surface area (Å²) in [4.78, 5) is 15.0. The number of furan rings is 1. The molecule has 0 N–H and O–H groups in total. The first-order chi connectivity index (χ1) is 11.0. The van der Waals surface area contributed by atoms with E-state index in [0.29, 0.717) is 6.61 Å². The highest BCUT2D eigenvalue weighted by atomic mass is 16.5. The van der Waals surface area contributed by atoms with Crippen molar-refractivity contribution in [2.75, 3.05) is 13.2 Å². The van der Waals surface area contributed by atoms with Crippen molar-refractivity contribution in [2.45, 2.75) is 72.4 Å². The van der Waals surface area contributed by atoms with Crippen molar-refractivity contribution < 1.29 is 13.9 Å². The van der Waals surface area contributed by atoms with E-state index in [1.54, 1.807) is 6.26 Å². The predicted molar refractivity (Wildman–Crippen MR) is 91.2 cm³/mol. The predicted octanol–water partition coefficient (Wildman–Crippen LogP) is 4.18. The zero-order valence-electron chi connectivity index (χ0n) is 15.1. The number of rotatable bonds is 8. The summed E-state index contributed by atoms with van der Waals surface area (Å²) in [6, 6.07) is 2.26. The zero-order valence-corrected chi connectivity index (χ0v) is 15.1.